The maximum absolute atomic E-state index is 12.8. The molecule has 1 amide bonds. The molecule has 0 aliphatic carbocycles. The number of hydrogen-bond acceptors (Lipinski definition) is 3. The molecule has 1 aromatic heterocycles. The second kappa shape index (κ2) is 8.13. The highest BCUT2D eigenvalue weighted by atomic mass is 32.2. The smallest absolute Gasteiger partial charge is 0.237 e. The fraction of sp³-hybridized carbons (Fsp3) is 0.167. The average molecular weight is 402 g/mol. The van der Waals surface area contributed by atoms with Gasteiger partial charge in [0.2, 0.25) is 5.91 Å². The summed E-state index contributed by atoms with van der Waals surface area (Å²) in [6.45, 7) is 6.00. The Hall–Kier alpha value is -3.05. The molecule has 0 aliphatic rings. The lowest BCUT2D eigenvalue weighted by Gasteiger charge is -2.14. The second-order valence-corrected chi connectivity index (χ2v) is 8.48. The Morgan fingerprint density at radius 1 is 0.966 bits per heavy atom. The molecule has 146 valence electrons. The number of amides is 1. The Labute approximate surface area is 175 Å². The Morgan fingerprint density at radius 2 is 1.72 bits per heavy atom. The van der Waals surface area contributed by atoms with Crippen molar-refractivity contribution in [3.63, 3.8) is 0 Å². The molecule has 3 aromatic carbocycles. The molecule has 29 heavy (non-hydrogen) atoms. The van der Waals surface area contributed by atoms with E-state index in [2.05, 4.69) is 47.1 Å². The Balaban J connectivity index is 1.64. The summed E-state index contributed by atoms with van der Waals surface area (Å²) in [5.74, 6) is -0.0388. The average Bonchev–Trinajstić information content (AvgIpc) is 3.06. The Morgan fingerprint density at radius 3 is 2.48 bits per heavy atom. The topological polar surface area (TPSA) is 46.9 Å². The molecule has 0 saturated heterocycles. The molecule has 0 bridgehead atoms. The number of carbonyl (C=O) groups is 1. The van der Waals surface area contributed by atoms with Crippen LogP contribution in [0.1, 0.15) is 18.1 Å². The lowest BCUT2D eigenvalue weighted by atomic mass is 10.2. The molecule has 5 heteroatoms. The molecule has 0 spiro atoms. The number of imidazole rings is 1. The van der Waals surface area contributed by atoms with Crippen molar-refractivity contribution < 1.29 is 4.79 Å². The van der Waals surface area contributed by atoms with E-state index < -0.39 is 0 Å². The summed E-state index contributed by atoms with van der Waals surface area (Å²) in [5.41, 5.74) is 6.13. The summed E-state index contributed by atoms with van der Waals surface area (Å²) in [7, 11) is 0. The zero-order valence-electron chi connectivity index (χ0n) is 16.7. The van der Waals surface area contributed by atoms with Crippen molar-refractivity contribution in [1.29, 1.82) is 0 Å². The first-order chi connectivity index (χ1) is 14.0. The van der Waals surface area contributed by atoms with Gasteiger partial charge in [-0.25, -0.2) is 4.98 Å². The van der Waals surface area contributed by atoms with Gasteiger partial charge in [-0.2, -0.15) is 0 Å². The normalized spacial score (nSPS) is 12.1. The van der Waals surface area contributed by atoms with Crippen LogP contribution in [-0.2, 0) is 4.79 Å². The van der Waals surface area contributed by atoms with E-state index >= 15 is 0 Å². The quantitative estimate of drug-likeness (QED) is 0.432. The van der Waals surface area contributed by atoms with E-state index in [1.54, 1.807) is 0 Å². The van der Waals surface area contributed by atoms with E-state index in [0.717, 1.165) is 33.1 Å². The van der Waals surface area contributed by atoms with Gasteiger partial charge in [-0.05, 0) is 62.7 Å². The molecule has 4 aromatic rings. The SMILES string of the molecule is Cc1ccc(-n2c(S[C@@H](C)C(=O)Nc3cccc(C)c3)nc3ccccc32)cc1. The van der Waals surface area contributed by atoms with Crippen molar-refractivity contribution >= 4 is 34.4 Å². The molecule has 4 nitrogen and oxygen atoms in total. The van der Waals surface area contributed by atoms with Gasteiger partial charge in [0.15, 0.2) is 5.16 Å². The number of nitrogens with zero attached hydrogens (tertiary/aromatic N) is 2. The van der Waals surface area contributed by atoms with Crippen molar-refractivity contribution in [2.24, 2.45) is 0 Å². The first-order valence-electron chi connectivity index (χ1n) is 9.60. The number of thioether (sulfide) groups is 1. The predicted molar refractivity (Wildman–Crippen MR) is 121 cm³/mol. The van der Waals surface area contributed by atoms with E-state index in [4.69, 9.17) is 4.98 Å². The first kappa shape index (κ1) is 19.3. The van der Waals surface area contributed by atoms with Gasteiger partial charge in [0.05, 0.1) is 16.3 Å². The third-order valence-electron chi connectivity index (χ3n) is 4.76. The van der Waals surface area contributed by atoms with Crippen LogP contribution in [0.3, 0.4) is 0 Å². The predicted octanol–water partition coefficient (Wildman–Crippen LogP) is 5.76. The van der Waals surface area contributed by atoms with Gasteiger partial charge in [0.25, 0.3) is 0 Å². The number of aromatic nitrogens is 2. The minimum Gasteiger partial charge on any atom is -0.325 e. The maximum atomic E-state index is 12.8. The van der Waals surface area contributed by atoms with E-state index in [1.807, 2.05) is 56.3 Å². The maximum Gasteiger partial charge on any atom is 0.237 e. The summed E-state index contributed by atoms with van der Waals surface area (Å²) in [4.78, 5) is 17.6. The largest absolute Gasteiger partial charge is 0.325 e. The molecule has 1 atom stereocenters. The third-order valence-corrected chi connectivity index (χ3v) is 5.81. The van der Waals surface area contributed by atoms with Crippen LogP contribution in [0.15, 0.2) is 78.0 Å². The van der Waals surface area contributed by atoms with Crippen molar-refractivity contribution in [3.05, 3.63) is 83.9 Å². The fourth-order valence-corrected chi connectivity index (χ4v) is 4.15. The van der Waals surface area contributed by atoms with Crippen LogP contribution in [0, 0.1) is 13.8 Å². The van der Waals surface area contributed by atoms with E-state index in [1.165, 1.54) is 17.3 Å². The van der Waals surface area contributed by atoms with Gasteiger partial charge < -0.3 is 5.32 Å². The molecular formula is C24H23N3OS. The molecule has 1 N–H and O–H groups in total. The standard InChI is InChI=1S/C24H23N3OS/c1-16-11-13-20(14-12-16)27-22-10-5-4-9-21(22)26-24(27)29-18(3)23(28)25-19-8-6-7-17(2)15-19/h4-15,18H,1-3H3,(H,25,28)/t18-/m0/s1. The van der Waals surface area contributed by atoms with E-state index in [-0.39, 0.29) is 11.2 Å². The molecule has 0 unspecified atom stereocenters. The zero-order chi connectivity index (χ0) is 20.4. The summed E-state index contributed by atoms with van der Waals surface area (Å²) < 4.78 is 2.12. The van der Waals surface area contributed by atoms with Gasteiger partial charge >= 0.3 is 0 Å². The van der Waals surface area contributed by atoms with Crippen LogP contribution < -0.4 is 5.32 Å². The number of anilines is 1. The molecule has 1 heterocycles. The van der Waals surface area contributed by atoms with Crippen LogP contribution in [0.5, 0.6) is 0 Å². The summed E-state index contributed by atoms with van der Waals surface area (Å²) in [6.07, 6.45) is 0. The van der Waals surface area contributed by atoms with Crippen LogP contribution in [0.2, 0.25) is 0 Å². The summed E-state index contributed by atoms with van der Waals surface area (Å²) in [5, 5.41) is 3.52. The number of hydrogen-bond donors (Lipinski definition) is 1. The summed E-state index contributed by atoms with van der Waals surface area (Å²) >= 11 is 1.47. The zero-order valence-corrected chi connectivity index (χ0v) is 17.5. The van der Waals surface area contributed by atoms with Crippen LogP contribution >= 0.6 is 11.8 Å². The number of para-hydroxylation sites is 2. The van der Waals surface area contributed by atoms with Gasteiger partial charge in [-0.1, -0.05) is 53.7 Å². The molecular weight excluding hydrogens is 378 g/mol. The highest BCUT2D eigenvalue weighted by molar-refractivity contribution is 8.00. The van der Waals surface area contributed by atoms with Crippen molar-refractivity contribution in [2.75, 3.05) is 5.32 Å². The van der Waals surface area contributed by atoms with E-state index in [9.17, 15) is 4.79 Å². The highest BCUT2D eigenvalue weighted by Gasteiger charge is 2.20. The molecule has 0 fully saturated rings. The van der Waals surface area contributed by atoms with Crippen molar-refractivity contribution in [2.45, 2.75) is 31.2 Å². The lowest BCUT2D eigenvalue weighted by Crippen LogP contribution is -2.22. The molecule has 4 rings (SSSR count). The highest BCUT2D eigenvalue weighted by Crippen LogP contribution is 2.31. The second-order valence-electron chi connectivity index (χ2n) is 7.17. The number of benzene rings is 3. The Bertz CT molecular complexity index is 1160. The molecule has 0 radical (unpaired) electrons. The third kappa shape index (κ3) is 4.20. The van der Waals surface area contributed by atoms with Crippen LogP contribution in [0.25, 0.3) is 16.7 Å². The molecule has 0 aliphatic heterocycles. The fourth-order valence-electron chi connectivity index (χ4n) is 3.20. The van der Waals surface area contributed by atoms with Crippen molar-refractivity contribution in [3.8, 4) is 5.69 Å². The minimum absolute atomic E-state index is 0.0388. The van der Waals surface area contributed by atoms with Crippen LogP contribution in [0.4, 0.5) is 5.69 Å². The minimum atomic E-state index is -0.295. The number of rotatable bonds is 5. The van der Waals surface area contributed by atoms with Gasteiger partial charge in [-0.3, -0.25) is 9.36 Å². The first-order valence-corrected chi connectivity index (χ1v) is 10.5. The van der Waals surface area contributed by atoms with Gasteiger partial charge in [0, 0.05) is 11.4 Å². The lowest BCUT2D eigenvalue weighted by molar-refractivity contribution is -0.115. The number of nitrogens with one attached hydrogen (secondary N) is 1. The number of carbonyl (C=O) groups excluding carboxylic acids is 1. The van der Waals surface area contributed by atoms with E-state index in [0.29, 0.717) is 0 Å². The Kier molecular flexibility index (Phi) is 5.41. The molecule has 0 saturated carbocycles. The monoisotopic (exact) mass is 401 g/mol. The summed E-state index contributed by atoms with van der Waals surface area (Å²) in [6, 6.07) is 24.2. The van der Waals surface area contributed by atoms with Gasteiger partial charge in [0.1, 0.15) is 0 Å². The number of fused-ring (bicyclic) bond motifs is 1. The van der Waals surface area contributed by atoms with Crippen LogP contribution in [-0.4, -0.2) is 20.7 Å². The van der Waals surface area contributed by atoms with Gasteiger partial charge in [-0.15, -0.1) is 0 Å². The van der Waals surface area contributed by atoms with Crippen molar-refractivity contribution in [1.82, 2.24) is 9.55 Å². The number of aryl methyl sites for hydroxylation is 2.